The number of carbonyl (C=O) groups excluding carboxylic acids is 1. The normalized spacial score (nSPS) is 11.4. The number of ether oxygens (including phenoxy) is 1. The summed E-state index contributed by atoms with van der Waals surface area (Å²) in [6.45, 7) is 2.79. The third-order valence-electron chi connectivity index (χ3n) is 2.82. The maximum Gasteiger partial charge on any atom is 0.262 e. The molecule has 0 heterocycles. The SMILES string of the molecule is COCCCN(C)C(=O)c1cc(C)ccc1S(=O)(=O)Cl. The van der Waals surface area contributed by atoms with E-state index in [9.17, 15) is 13.2 Å². The molecular formula is C13H18ClNO4S. The second kappa shape index (κ2) is 7.06. The highest BCUT2D eigenvalue weighted by Crippen LogP contribution is 2.22. The standard InChI is InChI=1S/C13H18ClNO4S/c1-10-5-6-12(20(14,17)18)11(9-10)13(16)15(2)7-4-8-19-3/h5-6,9H,4,7-8H2,1-3H3. The molecule has 1 aromatic rings. The lowest BCUT2D eigenvalue weighted by Gasteiger charge is -2.18. The Hall–Kier alpha value is -1.11. The largest absolute Gasteiger partial charge is 0.385 e. The molecule has 1 aromatic carbocycles. The number of amides is 1. The van der Waals surface area contributed by atoms with Gasteiger partial charge in [-0.1, -0.05) is 11.6 Å². The Morgan fingerprint density at radius 3 is 2.60 bits per heavy atom. The van der Waals surface area contributed by atoms with Gasteiger partial charge in [0.15, 0.2) is 0 Å². The summed E-state index contributed by atoms with van der Waals surface area (Å²) >= 11 is 0. The van der Waals surface area contributed by atoms with Crippen molar-refractivity contribution in [3.8, 4) is 0 Å². The van der Waals surface area contributed by atoms with Gasteiger partial charge in [0.05, 0.1) is 10.5 Å². The van der Waals surface area contributed by atoms with Crippen LogP contribution >= 0.6 is 10.7 Å². The van der Waals surface area contributed by atoms with E-state index in [2.05, 4.69) is 0 Å². The maximum atomic E-state index is 12.3. The van der Waals surface area contributed by atoms with Gasteiger partial charge in [-0.25, -0.2) is 8.42 Å². The molecule has 1 rings (SSSR count). The summed E-state index contributed by atoms with van der Waals surface area (Å²) < 4.78 is 28.0. The average molecular weight is 320 g/mol. The van der Waals surface area contributed by atoms with Crippen molar-refractivity contribution in [2.24, 2.45) is 0 Å². The van der Waals surface area contributed by atoms with Crippen LogP contribution in [0.5, 0.6) is 0 Å². The lowest BCUT2D eigenvalue weighted by molar-refractivity contribution is 0.0775. The molecule has 0 aromatic heterocycles. The molecule has 0 aliphatic carbocycles. The highest BCUT2D eigenvalue weighted by atomic mass is 35.7. The summed E-state index contributed by atoms with van der Waals surface area (Å²) in [4.78, 5) is 13.6. The van der Waals surface area contributed by atoms with Crippen LogP contribution in [0.1, 0.15) is 22.3 Å². The van der Waals surface area contributed by atoms with Gasteiger partial charge in [0.25, 0.3) is 15.0 Å². The molecule has 0 atom stereocenters. The molecular weight excluding hydrogens is 302 g/mol. The van der Waals surface area contributed by atoms with E-state index in [1.165, 1.54) is 17.0 Å². The molecule has 0 N–H and O–H groups in total. The predicted molar refractivity (Wildman–Crippen MR) is 77.7 cm³/mol. The molecule has 0 radical (unpaired) electrons. The van der Waals surface area contributed by atoms with Crippen LogP contribution in [-0.4, -0.2) is 46.5 Å². The third-order valence-corrected chi connectivity index (χ3v) is 4.20. The van der Waals surface area contributed by atoms with Gasteiger partial charge in [-0.15, -0.1) is 0 Å². The van der Waals surface area contributed by atoms with E-state index in [1.54, 1.807) is 27.1 Å². The lowest BCUT2D eigenvalue weighted by atomic mass is 10.1. The molecule has 1 amide bonds. The molecule has 0 spiro atoms. The van der Waals surface area contributed by atoms with E-state index in [0.717, 1.165) is 5.56 Å². The highest BCUT2D eigenvalue weighted by Gasteiger charge is 2.22. The van der Waals surface area contributed by atoms with Crippen LogP contribution in [0.2, 0.25) is 0 Å². The number of carbonyl (C=O) groups is 1. The smallest absolute Gasteiger partial charge is 0.262 e. The minimum Gasteiger partial charge on any atom is -0.385 e. The number of rotatable bonds is 6. The van der Waals surface area contributed by atoms with Gasteiger partial charge in [-0.05, 0) is 25.5 Å². The topological polar surface area (TPSA) is 63.7 Å². The number of benzene rings is 1. The Bertz CT molecular complexity index is 586. The molecule has 0 saturated heterocycles. The second-order valence-corrected chi connectivity index (χ2v) is 7.04. The Balaban J connectivity index is 3.06. The van der Waals surface area contributed by atoms with Gasteiger partial charge < -0.3 is 9.64 Å². The lowest BCUT2D eigenvalue weighted by Crippen LogP contribution is -2.29. The van der Waals surface area contributed by atoms with E-state index in [0.29, 0.717) is 19.6 Å². The highest BCUT2D eigenvalue weighted by molar-refractivity contribution is 8.13. The molecule has 0 aliphatic heterocycles. The van der Waals surface area contributed by atoms with Crippen LogP contribution in [0.25, 0.3) is 0 Å². The molecule has 0 bridgehead atoms. The van der Waals surface area contributed by atoms with Crippen molar-refractivity contribution in [3.63, 3.8) is 0 Å². The fourth-order valence-electron chi connectivity index (χ4n) is 1.78. The number of hydrogen-bond acceptors (Lipinski definition) is 4. The first kappa shape index (κ1) is 16.9. The monoisotopic (exact) mass is 319 g/mol. The summed E-state index contributed by atoms with van der Waals surface area (Å²) in [7, 11) is 4.62. The Kier molecular flexibility index (Phi) is 5.98. The van der Waals surface area contributed by atoms with E-state index >= 15 is 0 Å². The van der Waals surface area contributed by atoms with Crippen LogP contribution in [0, 0.1) is 6.92 Å². The van der Waals surface area contributed by atoms with Crippen molar-refractivity contribution >= 4 is 25.6 Å². The molecule has 0 saturated carbocycles. The molecule has 20 heavy (non-hydrogen) atoms. The van der Waals surface area contributed by atoms with Gasteiger partial charge in [0.2, 0.25) is 0 Å². The summed E-state index contributed by atoms with van der Waals surface area (Å²) in [6.07, 6.45) is 0.674. The van der Waals surface area contributed by atoms with Crippen LogP contribution in [0.15, 0.2) is 23.1 Å². The van der Waals surface area contributed by atoms with Gasteiger partial charge in [0.1, 0.15) is 0 Å². The van der Waals surface area contributed by atoms with Crippen molar-refractivity contribution in [1.29, 1.82) is 0 Å². The predicted octanol–water partition coefficient (Wildman–Crippen LogP) is 2.03. The summed E-state index contributed by atoms with van der Waals surface area (Å²) in [5, 5.41) is 0. The van der Waals surface area contributed by atoms with E-state index in [-0.39, 0.29) is 16.4 Å². The Morgan fingerprint density at radius 1 is 1.40 bits per heavy atom. The van der Waals surface area contributed by atoms with E-state index < -0.39 is 9.05 Å². The van der Waals surface area contributed by atoms with Crippen molar-refractivity contribution in [1.82, 2.24) is 4.90 Å². The fourth-order valence-corrected chi connectivity index (χ4v) is 2.82. The first-order chi connectivity index (χ1) is 9.27. The maximum absolute atomic E-state index is 12.3. The zero-order valence-corrected chi connectivity index (χ0v) is 13.3. The number of nitrogens with zero attached hydrogens (tertiary/aromatic N) is 1. The summed E-state index contributed by atoms with van der Waals surface area (Å²) in [6, 6.07) is 4.50. The number of aryl methyl sites for hydroxylation is 1. The zero-order chi connectivity index (χ0) is 15.3. The van der Waals surface area contributed by atoms with Crippen molar-refractivity contribution < 1.29 is 17.9 Å². The molecule has 0 fully saturated rings. The van der Waals surface area contributed by atoms with Crippen molar-refractivity contribution in [2.45, 2.75) is 18.2 Å². The summed E-state index contributed by atoms with van der Waals surface area (Å²) in [5.74, 6) is -0.371. The number of halogens is 1. The minimum atomic E-state index is -3.95. The van der Waals surface area contributed by atoms with Crippen LogP contribution in [0.3, 0.4) is 0 Å². The fraction of sp³-hybridized carbons (Fsp3) is 0.462. The van der Waals surface area contributed by atoms with E-state index in [1.807, 2.05) is 0 Å². The van der Waals surface area contributed by atoms with Crippen molar-refractivity contribution in [2.75, 3.05) is 27.3 Å². The van der Waals surface area contributed by atoms with Gasteiger partial charge >= 0.3 is 0 Å². The Morgan fingerprint density at radius 2 is 2.05 bits per heavy atom. The third kappa shape index (κ3) is 4.47. The molecule has 0 aliphatic rings. The van der Waals surface area contributed by atoms with Crippen molar-refractivity contribution in [3.05, 3.63) is 29.3 Å². The van der Waals surface area contributed by atoms with Crippen LogP contribution < -0.4 is 0 Å². The van der Waals surface area contributed by atoms with Gasteiger partial charge in [-0.3, -0.25) is 4.79 Å². The van der Waals surface area contributed by atoms with Crippen LogP contribution in [-0.2, 0) is 13.8 Å². The number of methoxy groups -OCH3 is 1. The Labute approximate surface area is 123 Å². The van der Waals surface area contributed by atoms with E-state index in [4.69, 9.17) is 15.4 Å². The van der Waals surface area contributed by atoms with Crippen LogP contribution in [0.4, 0.5) is 0 Å². The average Bonchev–Trinajstić information content (AvgIpc) is 2.36. The van der Waals surface area contributed by atoms with Gasteiger partial charge in [0, 0.05) is 38.0 Å². The first-order valence-electron chi connectivity index (χ1n) is 6.07. The molecule has 7 heteroatoms. The zero-order valence-electron chi connectivity index (χ0n) is 11.7. The first-order valence-corrected chi connectivity index (χ1v) is 8.38. The van der Waals surface area contributed by atoms with Gasteiger partial charge in [-0.2, -0.15) is 0 Å². The summed E-state index contributed by atoms with van der Waals surface area (Å²) in [5.41, 5.74) is 0.891. The molecule has 112 valence electrons. The quantitative estimate of drug-likeness (QED) is 0.594. The molecule has 5 nitrogen and oxygen atoms in total. The minimum absolute atomic E-state index is 0.0971. The number of hydrogen-bond donors (Lipinski definition) is 0. The second-order valence-electron chi connectivity index (χ2n) is 4.51. The molecule has 0 unspecified atom stereocenters.